The molecule has 3 rings (SSSR count). The first-order valence-corrected chi connectivity index (χ1v) is 7.69. The van der Waals surface area contributed by atoms with Gasteiger partial charge in [0.1, 0.15) is 11.5 Å². The number of fused-ring (bicyclic) bond motifs is 2. The molecule has 0 aliphatic carbocycles. The zero-order chi connectivity index (χ0) is 15.0. The molecule has 1 aromatic carbocycles. The lowest BCUT2D eigenvalue weighted by molar-refractivity contribution is -0.0437. The Labute approximate surface area is 126 Å². The lowest BCUT2D eigenvalue weighted by Crippen LogP contribution is -2.50. The van der Waals surface area contributed by atoms with Crippen LogP contribution in [0.5, 0.6) is 11.5 Å². The van der Waals surface area contributed by atoms with Crippen LogP contribution < -0.4 is 9.47 Å². The van der Waals surface area contributed by atoms with Gasteiger partial charge in [-0.1, -0.05) is 0 Å². The minimum absolute atomic E-state index is 0.529. The summed E-state index contributed by atoms with van der Waals surface area (Å²) in [5, 5.41) is 11.0. The molecule has 0 spiro atoms. The number of nitrogens with zero attached hydrogens (tertiary/aromatic N) is 1. The monoisotopic (exact) mass is 291 g/mol. The number of benzene rings is 1. The van der Waals surface area contributed by atoms with Crippen LogP contribution in [0.15, 0.2) is 18.2 Å². The second kappa shape index (κ2) is 5.50. The molecule has 116 valence electrons. The molecular weight excluding hydrogens is 266 g/mol. The molecule has 1 N–H and O–H groups in total. The van der Waals surface area contributed by atoms with Crippen molar-refractivity contribution < 1.29 is 14.6 Å². The van der Waals surface area contributed by atoms with Crippen molar-refractivity contribution in [1.82, 2.24) is 4.90 Å². The molecule has 0 aromatic heterocycles. The molecule has 2 aliphatic rings. The molecule has 2 fully saturated rings. The van der Waals surface area contributed by atoms with Gasteiger partial charge >= 0.3 is 0 Å². The number of methoxy groups -OCH3 is 2. The highest BCUT2D eigenvalue weighted by molar-refractivity contribution is 5.39. The van der Waals surface area contributed by atoms with Crippen molar-refractivity contribution in [3.05, 3.63) is 23.8 Å². The van der Waals surface area contributed by atoms with E-state index in [2.05, 4.69) is 11.9 Å². The van der Waals surface area contributed by atoms with E-state index in [0.717, 1.165) is 29.9 Å². The minimum Gasteiger partial charge on any atom is -0.497 e. The van der Waals surface area contributed by atoms with Crippen LogP contribution in [0, 0.1) is 0 Å². The third-order valence-corrected chi connectivity index (χ3v) is 5.16. The fourth-order valence-corrected chi connectivity index (χ4v) is 4.04. The SMILES string of the molecule is COc1cc(CC2(O)CC3CCC(C2)N3C)cc(OC)c1. The summed E-state index contributed by atoms with van der Waals surface area (Å²) in [6.07, 6.45) is 4.82. The van der Waals surface area contributed by atoms with E-state index in [0.29, 0.717) is 18.5 Å². The van der Waals surface area contributed by atoms with E-state index in [9.17, 15) is 5.11 Å². The number of hydrogen-bond acceptors (Lipinski definition) is 4. The molecule has 0 radical (unpaired) electrons. The smallest absolute Gasteiger partial charge is 0.122 e. The van der Waals surface area contributed by atoms with E-state index in [1.165, 1.54) is 12.8 Å². The van der Waals surface area contributed by atoms with E-state index in [1.807, 2.05) is 18.2 Å². The lowest BCUT2D eigenvalue weighted by atomic mass is 9.81. The van der Waals surface area contributed by atoms with Crippen molar-refractivity contribution in [1.29, 1.82) is 0 Å². The fourth-order valence-electron chi connectivity index (χ4n) is 4.04. The highest BCUT2D eigenvalue weighted by Gasteiger charge is 2.45. The predicted octanol–water partition coefficient (Wildman–Crippen LogP) is 2.23. The molecule has 4 heteroatoms. The fraction of sp³-hybridized carbons (Fsp3) is 0.647. The third kappa shape index (κ3) is 2.87. The maximum Gasteiger partial charge on any atom is 0.122 e. The largest absolute Gasteiger partial charge is 0.497 e. The number of rotatable bonds is 4. The summed E-state index contributed by atoms with van der Waals surface area (Å²) in [6.45, 7) is 0. The quantitative estimate of drug-likeness (QED) is 0.924. The first kappa shape index (κ1) is 14.7. The number of piperidine rings is 1. The molecule has 2 heterocycles. The second-order valence-corrected chi connectivity index (χ2v) is 6.58. The van der Waals surface area contributed by atoms with Crippen molar-refractivity contribution in [3.8, 4) is 11.5 Å². The van der Waals surface area contributed by atoms with E-state index < -0.39 is 5.60 Å². The minimum atomic E-state index is -0.601. The van der Waals surface area contributed by atoms with Crippen molar-refractivity contribution in [3.63, 3.8) is 0 Å². The normalized spacial score (nSPS) is 32.2. The van der Waals surface area contributed by atoms with Crippen LogP contribution in [-0.2, 0) is 6.42 Å². The Hall–Kier alpha value is -1.26. The van der Waals surface area contributed by atoms with Gasteiger partial charge in [-0.2, -0.15) is 0 Å². The van der Waals surface area contributed by atoms with Crippen LogP contribution in [0.4, 0.5) is 0 Å². The molecule has 4 nitrogen and oxygen atoms in total. The molecular formula is C17H25NO3. The molecule has 2 bridgehead atoms. The average Bonchev–Trinajstić information content (AvgIpc) is 2.70. The summed E-state index contributed by atoms with van der Waals surface area (Å²) in [6, 6.07) is 6.93. The summed E-state index contributed by atoms with van der Waals surface area (Å²) < 4.78 is 10.6. The molecule has 2 unspecified atom stereocenters. The predicted molar refractivity (Wildman–Crippen MR) is 82.0 cm³/mol. The Bertz CT molecular complexity index is 481. The van der Waals surface area contributed by atoms with E-state index in [1.54, 1.807) is 14.2 Å². The molecule has 21 heavy (non-hydrogen) atoms. The molecule has 2 saturated heterocycles. The van der Waals surface area contributed by atoms with Gasteiger partial charge in [-0.05, 0) is 50.4 Å². The zero-order valence-electron chi connectivity index (χ0n) is 13.1. The van der Waals surface area contributed by atoms with Crippen molar-refractivity contribution in [2.24, 2.45) is 0 Å². The Morgan fingerprint density at radius 3 is 2.10 bits per heavy atom. The van der Waals surface area contributed by atoms with Crippen molar-refractivity contribution in [2.45, 2.75) is 49.8 Å². The molecule has 2 aliphatic heterocycles. The van der Waals surface area contributed by atoms with Gasteiger partial charge in [-0.25, -0.2) is 0 Å². The third-order valence-electron chi connectivity index (χ3n) is 5.16. The van der Waals surface area contributed by atoms with Crippen LogP contribution in [0.1, 0.15) is 31.2 Å². The highest BCUT2D eigenvalue weighted by Crippen LogP contribution is 2.41. The van der Waals surface area contributed by atoms with Gasteiger partial charge in [-0.3, -0.25) is 0 Å². The number of ether oxygens (including phenoxy) is 2. The van der Waals surface area contributed by atoms with Crippen LogP contribution in [0.25, 0.3) is 0 Å². The molecule has 1 aromatic rings. The summed E-state index contributed by atoms with van der Waals surface area (Å²) in [5.74, 6) is 1.56. The number of aliphatic hydroxyl groups is 1. The van der Waals surface area contributed by atoms with Gasteiger partial charge in [0, 0.05) is 24.6 Å². The zero-order valence-corrected chi connectivity index (χ0v) is 13.1. The van der Waals surface area contributed by atoms with Gasteiger partial charge in [0.25, 0.3) is 0 Å². The standard InChI is InChI=1S/C17H25NO3/c1-18-13-4-5-14(18)11-17(19,10-13)9-12-6-15(20-2)8-16(7-12)21-3/h6-8,13-14,19H,4-5,9-11H2,1-3H3. The van der Waals surface area contributed by atoms with E-state index in [-0.39, 0.29) is 0 Å². The van der Waals surface area contributed by atoms with Gasteiger partial charge in [0.05, 0.1) is 19.8 Å². The van der Waals surface area contributed by atoms with Gasteiger partial charge in [-0.15, -0.1) is 0 Å². The molecule has 2 atom stereocenters. The summed E-state index contributed by atoms with van der Waals surface area (Å²) in [4.78, 5) is 2.45. The van der Waals surface area contributed by atoms with Crippen molar-refractivity contribution in [2.75, 3.05) is 21.3 Å². The summed E-state index contributed by atoms with van der Waals surface area (Å²) in [5.41, 5.74) is 0.480. The Morgan fingerprint density at radius 2 is 1.62 bits per heavy atom. The molecule has 0 amide bonds. The highest BCUT2D eigenvalue weighted by atomic mass is 16.5. The lowest BCUT2D eigenvalue weighted by Gasteiger charge is -2.42. The van der Waals surface area contributed by atoms with Crippen LogP contribution in [0.3, 0.4) is 0 Å². The number of hydrogen-bond donors (Lipinski definition) is 1. The summed E-state index contributed by atoms with van der Waals surface area (Å²) in [7, 11) is 5.50. The summed E-state index contributed by atoms with van der Waals surface area (Å²) >= 11 is 0. The first-order chi connectivity index (χ1) is 10.0. The molecule has 0 saturated carbocycles. The van der Waals surface area contributed by atoms with Crippen LogP contribution >= 0.6 is 0 Å². The maximum atomic E-state index is 11.0. The topological polar surface area (TPSA) is 41.9 Å². The Morgan fingerprint density at radius 1 is 1.10 bits per heavy atom. The Balaban J connectivity index is 1.80. The van der Waals surface area contributed by atoms with E-state index >= 15 is 0 Å². The van der Waals surface area contributed by atoms with Gasteiger partial charge < -0.3 is 19.5 Å². The first-order valence-electron chi connectivity index (χ1n) is 7.69. The van der Waals surface area contributed by atoms with Gasteiger partial charge in [0.2, 0.25) is 0 Å². The maximum absolute atomic E-state index is 11.0. The van der Waals surface area contributed by atoms with Crippen LogP contribution in [-0.4, -0.2) is 49.0 Å². The van der Waals surface area contributed by atoms with E-state index in [4.69, 9.17) is 9.47 Å². The van der Waals surface area contributed by atoms with Crippen LogP contribution in [0.2, 0.25) is 0 Å². The Kier molecular flexibility index (Phi) is 3.84. The second-order valence-electron chi connectivity index (χ2n) is 6.58. The average molecular weight is 291 g/mol. The van der Waals surface area contributed by atoms with Gasteiger partial charge in [0.15, 0.2) is 0 Å². The van der Waals surface area contributed by atoms with Crippen molar-refractivity contribution >= 4 is 0 Å².